The first-order valence-electron chi connectivity index (χ1n) is 8.73. The monoisotopic (exact) mass is 339 g/mol. The fraction of sp³-hybridized carbons (Fsp3) is 0.400. The number of hydrogen-bond acceptors (Lipinski definition) is 3. The van der Waals surface area contributed by atoms with Gasteiger partial charge in [0.1, 0.15) is 5.76 Å². The number of carboxylic acid groups (broad SMARTS) is 1. The molecule has 1 saturated heterocycles. The summed E-state index contributed by atoms with van der Waals surface area (Å²) in [6.45, 7) is 0.975. The lowest BCUT2D eigenvalue weighted by atomic mass is 9.73. The van der Waals surface area contributed by atoms with Crippen LogP contribution in [-0.2, 0) is 15.0 Å². The van der Waals surface area contributed by atoms with Crippen LogP contribution in [0.1, 0.15) is 36.5 Å². The number of amides is 1. The van der Waals surface area contributed by atoms with Gasteiger partial charge in [0.05, 0.1) is 11.7 Å². The smallest absolute Gasteiger partial charge is 0.314 e. The molecule has 25 heavy (non-hydrogen) atoms. The van der Waals surface area contributed by atoms with E-state index in [1.54, 1.807) is 6.26 Å². The molecule has 0 spiro atoms. The van der Waals surface area contributed by atoms with Crippen molar-refractivity contribution >= 4 is 11.9 Å². The van der Waals surface area contributed by atoms with Gasteiger partial charge in [-0.3, -0.25) is 9.59 Å². The Kier molecular flexibility index (Phi) is 3.86. The van der Waals surface area contributed by atoms with E-state index in [1.165, 1.54) is 0 Å². The van der Waals surface area contributed by atoms with Crippen LogP contribution in [-0.4, -0.2) is 35.0 Å². The Bertz CT molecular complexity index is 760. The molecule has 2 heterocycles. The number of carboxylic acids is 1. The van der Waals surface area contributed by atoms with Crippen molar-refractivity contribution in [1.82, 2.24) is 4.90 Å². The minimum absolute atomic E-state index is 0.0137. The maximum atomic E-state index is 12.7. The first-order valence-corrected chi connectivity index (χ1v) is 8.73. The Morgan fingerprint density at radius 1 is 1.08 bits per heavy atom. The lowest BCUT2D eigenvalue weighted by Gasteiger charge is -2.39. The third-order valence-corrected chi connectivity index (χ3v) is 5.68. The SMILES string of the molecule is O=C([C@H]1C[C@H]1c1ccco1)N1CCC(C(=O)O)(c2ccccc2)CC1. The van der Waals surface area contributed by atoms with Crippen LogP contribution < -0.4 is 0 Å². The predicted octanol–water partition coefficient (Wildman–Crippen LogP) is 3.03. The highest BCUT2D eigenvalue weighted by Crippen LogP contribution is 2.49. The minimum atomic E-state index is -0.887. The topological polar surface area (TPSA) is 70.8 Å². The summed E-state index contributed by atoms with van der Waals surface area (Å²) >= 11 is 0. The van der Waals surface area contributed by atoms with Gasteiger partial charge in [0.25, 0.3) is 0 Å². The highest BCUT2D eigenvalue weighted by molar-refractivity contribution is 5.85. The second-order valence-electron chi connectivity index (χ2n) is 7.04. The average Bonchev–Trinajstić information content (AvgIpc) is 3.26. The highest BCUT2D eigenvalue weighted by Gasteiger charge is 2.50. The van der Waals surface area contributed by atoms with Crippen molar-refractivity contribution in [3.63, 3.8) is 0 Å². The van der Waals surface area contributed by atoms with Gasteiger partial charge in [-0.15, -0.1) is 0 Å². The van der Waals surface area contributed by atoms with E-state index in [0.717, 1.165) is 17.7 Å². The van der Waals surface area contributed by atoms with Crippen molar-refractivity contribution in [3.8, 4) is 0 Å². The molecule has 130 valence electrons. The van der Waals surface area contributed by atoms with Gasteiger partial charge in [0.2, 0.25) is 5.91 Å². The molecule has 1 N–H and O–H groups in total. The van der Waals surface area contributed by atoms with Gasteiger partial charge in [-0.2, -0.15) is 0 Å². The Balaban J connectivity index is 1.44. The van der Waals surface area contributed by atoms with Crippen molar-refractivity contribution in [3.05, 3.63) is 60.1 Å². The summed E-state index contributed by atoms with van der Waals surface area (Å²) in [5.74, 6) is 0.377. The van der Waals surface area contributed by atoms with E-state index in [9.17, 15) is 14.7 Å². The van der Waals surface area contributed by atoms with Crippen LogP contribution in [0.4, 0.5) is 0 Å². The normalized spacial score (nSPS) is 24.7. The lowest BCUT2D eigenvalue weighted by Crippen LogP contribution is -2.49. The summed E-state index contributed by atoms with van der Waals surface area (Å²) in [6.07, 6.45) is 3.37. The van der Waals surface area contributed by atoms with Gasteiger partial charge in [-0.05, 0) is 37.0 Å². The number of likely N-dealkylation sites (tertiary alicyclic amines) is 1. The van der Waals surface area contributed by atoms with E-state index in [2.05, 4.69) is 0 Å². The van der Waals surface area contributed by atoms with Gasteiger partial charge in [-0.1, -0.05) is 30.3 Å². The van der Waals surface area contributed by atoms with E-state index in [-0.39, 0.29) is 17.7 Å². The van der Waals surface area contributed by atoms with Crippen LogP contribution >= 0.6 is 0 Å². The molecule has 0 bridgehead atoms. The Morgan fingerprint density at radius 2 is 1.80 bits per heavy atom. The molecule has 1 aromatic heterocycles. The first kappa shape index (κ1) is 15.9. The van der Waals surface area contributed by atoms with Gasteiger partial charge in [-0.25, -0.2) is 0 Å². The molecular weight excluding hydrogens is 318 g/mol. The average molecular weight is 339 g/mol. The van der Waals surface area contributed by atoms with Crippen LogP contribution in [0, 0.1) is 5.92 Å². The number of hydrogen-bond donors (Lipinski definition) is 1. The second kappa shape index (κ2) is 6.06. The predicted molar refractivity (Wildman–Crippen MR) is 91.1 cm³/mol. The van der Waals surface area contributed by atoms with Gasteiger partial charge < -0.3 is 14.4 Å². The Hall–Kier alpha value is -2.56. The quantitative estimate of drug-likeness (QED) is 0.929. The number of aliphatic carboxylic acids is 1. The molecule has 5 heteroatoms. The summed E-state index contributed by atoms with van der Waals surface area (Å²) in [7, 11) is 0. The van der Waals surface area contributed by atoms with E-state index < -0.39 is 11.4 Å². The molecule has 1 aromatic carbocycles. The Labute approximate surface area is 146 Å². The molecule has 2 aliphatic rings. The number of furan rings is 1. The number of carbonyl (C=O) groups excluding carboxylic acids is 1. The van der Waals surface area contributed by atoms with Crippen LogP contribution in [0.25, 0.3) is 0 Å². The molecule has 2 atom stereocenters. The molecule has 5 nitrogen and oxygen atoms in total. The molecule has 2 aromatic rings. The largest absolute Gasteiger partial charge is 0.481 e. The molecule has 1 aliphatic carbocycles. The van der Waals surface area contributed by atoms with Crippen LogP contribution in [0.15, 0.2) is 53.1 Å². The lowest BCUT2D eigenvalue weighted by molar-refractivity contribution is -0.148. The maximum Gasteiger partial charge on any atom is 0.314 e. The molecule has 0 radical (unpaired) electrons. The minimum Gasteiger partial charge on any atom is -0.481 e. The summed E-state index contributed by atoms with van der Waals surface area (Å²) < 4.78 is 5.40. The fourth-order valence-electron chi connectivity index (χ4n) is 4.01. The standard InChI is InChI=1S/C20H21NO4/c22-18(16-13-15(16)17-7-4-12-25-17)21-10-8-20(9-11-21,19(23)24)14-5-2-1-3-6-14/h1-7,12,15-16H,8-11,13H2,(H,23,24)/t15-,16+/m1/s1. The van der Waals surface area contributed by atoms with E-state index in [1.807, 2.05) is 47.4 Å². The molecule has 0 unspecified atom stereocenters. The highest BCUT2D eigenvalue weighted by atomic mass is 16.4. The molecule has 2 fully saturated rings. The summed E-state index contributed by atoms with van der Waals surface area (Å²) in [5.41, 5.74) is -0.0587. The Morgan fingerprint density at radius 3 is 2.40 bits per heavy atom. The van der Waals surface area contributed by atoms with Crippen LogP contribution in [0.2, 0.25) is 0 Å². The first-order chi connectivity index (χ1) is 12.1. The van der Waals surface area contributed by atoms with Crippen LogP contribution in [0.3, 0.4) is 0 Å². The van der Waals surface area contributed by atoms with Gasteiger partial charge in [0, 0.05) is 24.9 Å². The molecule has 1 aliphatic heterocycles. The number of piperidine rings is 1. The fourth-order valence-corrected chi connectivity index (χ4v) is 4.01. The number of rotatable bonds is 4. The number of carbonyl (C=O) groups is 2. The molecule has 4 rings (SSSR count). The zero-order valence-electron chi connectivity index (χ0n) is 13.9. The summed E-state index contributed by atoms with van der Waals surface area (Å²) in [4.78, 5) is 26.5. The van der Waals surface area contributed by atoms with E-state index >= 15 is 0 Å². The van der Waals surface area contributed by atoms with Crippen molar-refractivity contribution < 1.29 is 19.1 Å². The summed E-state index contributed by atoms with van der Waals surface area (Å²) in [6, 6.07) is 13.1. The zero-order valence-corrected chi connectivity index (χ0v) is 13.9. The number of benzene rings is 1. The van der Waals surface area contributed by atoms with E-state index in [4.69, 9.17) is 4.42 Å². The summed E-state index contributed by atoms with van der Waals surface area (Å²) in [5, 5.41) is 9.84. The van der Waals surface area contributed by atoms with Crippen molar-refractivity contribution in [2.45, 2.75) is 30.6 Å². The van der Waals surface area contributed by atoms with Crippen molar-refractivity contribution in [2.24, 2.45) is 5.92 Å². The van der Waals surface area contributed by atoms with Crippen molar-refractivity contribution in [2.75, 3.05) is 13.1 Å². The third kappa shape index (κ3) is 2.73. The van der Waals surface area contributed by atoms with Crippen molar-refractivity contribution in [1.29, 1.82) is 0 Å². The van der Waals surface area contributed by atoms with Crippen LogP contribution in [0.5, 0.6) is 0 Å². The molecular formula is C20H21NO4. The number of nitrogens with zero attached hydrogens (tertiary/aromatic N) is 1. The maximum absolute atomic E-state index is 12.7. The third-order valence-electron chi connectivity index (χ3n) is 5.68. The molecule has 1 saturated carbocycles. The van der Waals surface area contributed by atoms with Gasteiger partial charge in [0.15, 0.2) is 0 Å². The van der Waals surface area contributed by atoms with E-state index in [0.29, 0.717) is 25.9 Å². The molecule has 1 amide bonds. The van der Waals surface area contributed by atoms with Gasteiger partial charge >= 0.3 is 5.97 Å². The second-order valence-corrected chi connectivity index (χ2v) is 7.04. The zero-order chi connectivity index (χ0) is 17.4.